The van der Waals surface area contributed by atoms with E-state index in [2.05, 4.69) is 44.2 Å². The van der Waals surface area contributed by atoms with Crippen LogP contribution in [0.2, 0.25) is 0 Å². The third kappa shape index (κ3) is 2.11. The number of benzene rings is 1. The molecule has 2 aromatic rings. The van der Waals surface area contributed by atoms with E-state index in [1.807, 2.05) is 11.3 Å². The predicted molar refractivity (Wildman–Crippen MR) is 80.6 cm³/mol. The van der Waals surface area contributed by atoms with E-state index in [9.17, 15) is 0 Å². The van der Waals surface area contributed by atoms with Crippen molar-refractivity contribution in [2.45, 2.75) is 44.6 Å². The van der Waals surface area contributed by atoms with Gasteiger partial charge in [-0.15, -0.1) is 11.3 Å². The molecule has 0 aliphatic heterocycles. The van der Waals surface area contributed by atoms with Gasteiger partial charge in [-0.05, 0) is 24.3 Å². The number of aromatic nitrogens is 1. The lowest BCUT2D eigenvalue weighted by Gasteiger charge is -2.12. The number of nitrogens with two attached hydrogens (primary N) is 1. The number of nitrogens with zero attached hydrogens (tertiary/aromatic N) is 1. The quantitative estimate of drug-likeness (QED) is 0.919. The van der Waals surface area contributed by atoms with Crippen LogP contribution >= 0.6 is 11.3 Å². The fourth-order valence-electron chi connectivity index (χ4n) is 2.67. The second-order valence-corrected chi connectivity index (χ2v) is 6.72. The van der Waals surface area contributed by atoms with Crippen molar-refractivity contribution in [3.63, 3.8) is 0 Å². The largest absolute Gasteiger partial charge is 0.326 e. The van der Waals surface area contributed by atoms with Crippen LogP contribution in [-0.4, -0.2) is 4.98 Å². The van der Waals surface area contributed by atoms with Gasteiger partial charge in [0.2, 0.25) is 0 Å². The van der Waals surface area contributed by atoms with E-state index in [4.69, 9.17) is 10.7 Å². The summed E-state index contributed by atoms with van der Waals surface area (Å²) >= 11 is 1.82. The number of thiazole rings is 1. The maximum Gasteiger partial charge on any atom is 0.104 e. The Bertz CT molecular complexity index is 568. The molecule has 3 heteroatoms. The maximum atomic E-state index is 5.87. The van der Waals surface area contributed by atoms with Crippen molar-refractivity contribution in [1.29, 1.82) is 0 Å². The van der Waals surface area contributed by atoms with Gasteiger partial charge in [-0.25, -0.2) is 4.98 Å². The zero-order valence-electron chi connectivity index (χ0n) is 11.5. The van der Waals surface area contributed by atoms with Crippen LogP contribution in [0.4, 0.5) is 0 Å². The van der Waals surface area contributed by atoms with Gasteiger partial charge in [-0.3, -0.25) is 0 Å². The highest BCUT2D eigenvalue weighted by molar-refractivity contribution is 7.12. The Hall–Kier alpha value is -1.19. The van der Waals surface area contributed by atoms with E-state index in [0.29, 0.717) is 12.5 Å². The van der Waals surface area contributed by atoms with Crippen LogP contribution in [0, 0.1) is 0 Å². The van der Waals surface area contributed by atoms with Gasteiger partial charge in [-0.2, -0.15) is 0 Å². The minimum absolute atomic E-state index is 0.184. The summed E-state index contributed by atoms with van der Waals surface area (Å²) < 4.78 is 0. The van der Waals surface area contributed by atoms with E-state index in [-0.39, 0.29) is 5.41 Å². The van der Waals surface area contributed by atoms with Crippen molar-refractivity contribution >= 4 is 11.3 Å². The SMILES string of the molecule is CC(C)c1nc(C2(c3ccccc3)CC2)sc1CN. The molecule has 1 heterocycles. The maximum absolute atomic E-state index is 5.87. The summed E-state index contributed by atoms with van der Waals surface area (Å²) in [5.74, 6) is 0.454. The lowest BCUT2D eigenvalue weighted by atomic mass is 9.97. The Balaban J connectivity index is 2.03. The molecule has 0 bridgehead atoms. The minimum atomic E-state index is 0.184. The molecule has 1 saturated carbocycles. The average Bonchev–Trinajstić information content (AvgIpc) is 3.12. The summed E-state index contributed by atoms with van der Waals surface area (Å²) in [6.07, 6.45) is 2.43. The number of hydrogen-bond acceptors (Lipinski definition) is 3. The first-order valence-electron chi connectivity index (χ1n) is 6.93. The molecule has 0 saturated heterocycles. The predicted octanol–water partition coefficient (Wildman–Crippen LogP) is 3.81. The zero-order chi connectivity index (χ0) is 13.5. The summed E-state index contributed by atoms with van der Waals surface area (Å²) in [6, 6.07) is 10.8. The number of rotatable bonds is 4. The van der Waals surface area contributed by atoms with Crippen molar-refractivity contribution < 1.29 is 0 Å². The van der Waals surface area contributed by atoms with E-state index in [1.165, 1.54) is 34.0 Å². The highest BCUT2D eigenvalue weighted by Gasteiger charge is 2.48. The molecule has 19 heavy (non-hydrogen) atoms. The Labute approximate surface area is 118 Å². The Morgan fingerprint density at radius 1 is 1.26 bits per heavy atom. The molecule has 0 atom stereocenters. The molecule has 3 rings (SSSR count). The second-order valence-electron chi connectivity index (χ2n) is 5.63. The summed E-state index contributed by atoms with van der Waals surface area (Å²) in [4.78, 5) is 6.19. The van der Waals surface area contributed by atoms with E-state index in [1.54, 1.807) is 0 Å². The fraction of sp³-hybridized carbons (Fsp3) is 0.438. The molecule has 0 unspecified atom stereocenters. The smallest absolute Gasteiger partial charge is 0.104 e. The number of hydrogen-bond donors (Lipinski definition) is 1. The van der Waals surface area contributed by atoms with Crippen LogP contribution in [0.25, 0.3) is 0 Å². The Kier molecular flexibility index (Phi) is 3.19. The Morgan fingerprint density at radius 3 is 2.42 bits per heavy atom. The average molecular weight is 272 g/mol. The van der Waals surface area contributed by atoms with E-state index < -0.39 is 0 Å². The van der Waals surface area contributed by atoms with Crippen LogP contribution in [-0.2, 0) is 12.0 Å². The summed E-state index contributed by atoms with van der Waals surface area (Å²) in [7, 11) is 0. The van der Waals surface area contributed by atoms with E-state index in [0.717, 1.165) is 0 Å². The van der Waals surface area contributed by atoms with E-state index >= 15 is 0 Å². The third-order valence-corrected chi connectivity index (χ3v) is 5.24. The highest BCUT2D eigenvalue weighted by atomic mass is 32.1. The molecule has 1 fully saturated rings. The molecule has 100 valence electrons. The fourth-order valence-corrected chi connectivity index (χ4v) is 4.04. The molecule has 1 aliphatic carbocycles. The van der Waals surface area contributed by atoms with Crippen molar-refractivity contribution in [2.24, 2.45) is 5.73 Å². The molecule has 0 radical (unpaired) electrons. The summed E-state index contributed by atoms with van der Waals surface area (Å²) in [6.45, 7) is 5.00. The minimum Gasteiger partial charge on any atom is -0.326 e. The molecule has 2 N–H and O–H groups in total. The van der Waals surface area contributed by atoms with Crippen LogP contribution in [0.1, 0.15) is 53.7 Å². The van der Waals surface area contributed by atoms with Crippen molar-refractivity contribution in [1.82, 2.24) is 4.98 Å². The lowest BCUT2D eigenvalue weighted by Crippen LogP contribution is -2.08. The van der Waals surface area contributed by atoms with Gasteiger partial charge in [0.25, 0.3) is 0 Å². The summed E-state index contributed by atoms with van der Waals surface area (Å²) in [5, 5.41) is 1.27. The first-order chi connectivity index (χ1) is 9.17. The van der Waals surface area contributed by atoms with Crippen molar-refractivity contribution in [2.75, 3.05) is 0 Å². The van der Waals surface area contributed by atoms with Gasteiger partial charge >= 0.3 is 0 Å². The van der Waals surface area contributed by atoms with Gasteiger partial charge in [0.05, 0.1) is 5.69 Å². The first kappa shape index (κ1) is 12.8. The van der Waals surface area contributed by atoms with Crippen LogP contribution in [0.15, 0.2) is 30.3 Å². The van der Waals surface area contributed by atoms with Gasteiger partial charge in [0.15, 0.2) is 0 Å². The van der Waals surface area contributed by atoms with Crippen LogP contribution < -0.4 is 5.73 Å². The molecular formula is C16H20N2S. The lowest BCUT2D eigenvalue weighted by molar-refractivity contribution is 0.774. The molecule has 1 aromatic heterocycles. The standard InChI is InChI=1S/C16H20N2S/c1-11(2)14-13(10-17)19-15(18-14)16(8-9-16)12-6-4-3-5-7-12/h3-7,11H,8-10,17H2,1-2H3. The highest BCUT2D eigenvalue weighted by Crippen LogP contribution is 2.55. The second kappa shape index (κ2) is 4.73. The van der Waals surface area contributed by atoms with Gasteiger partial charge in [-0.1, -0.05) is 44.2 Å². The summed E-state index contributed by atoms with van der Waals surface area (Å²) in [5.41, 5.74) is 8.66. The molecule has 1 aliphatic rings. The van der Waals surface area contributed by atoms with Gasteiger partial charge in [0.1, 0.15) is 5.01 Å². The third-order valence-electron chi connectivity index (χ3n) is 3.95. The molecular weight excluding hydrogens is 252 g/mol. The van der Waals surface area contributed by atoms with Gasteiger partial charge < -0.3 is 5.73 Å². The van der Waals surface area contributed by atoms with Gasteiger partial charge in [0, 0.05) is 16.8 Å². The molecule has 2 nitrogen and oxygen atoms in total. The van der Waals surface area contributed by atoms with Crippen LogP contribution in [0.3, 0.4) is 0 Å². The normalized spacial score (nSPS) is 16.8. The Morgan fingerprint density at radius 2 is 1.95 bits per heavy atom. The van der Waals surface area contributed by atoms with Crippen molar-refractivity contribution in [3.05, 3.63) is 51.5 Å². The van der Waals surface area contributed by atoms with Crippen molar-refractivity contribution in [3.8, 4) is 0 Å². The van der Waals surface area contributed by atoms with Crippen LogP contribution in [0.5, 0.6) is 0 Å². The molecule has 0 spiro atoms. The molecule has 0 amide bonds. The topological polar surface area (TPSA) is 38.9 Å². The zero-order valence-corrected chi connectivity index (χ0v) is 12.3. The molecule has 1 aromatic carbocycles. The monoisotopic (exact) mass is 272 g/mol. The first-order valence-corrected chi connectivity index (χ1v) is 7.74.